The Bertz CT molecular complexity index is 981. The second kappa shape index (κ2) is 9.19. The zero-order valence-corrected chi connectivity index (χ0v) is 17.2. The molecule has 1 amide bonds. The van der Waals surface area contributed by atoms with Crippen LogP contribution in [0.1, 0.15) is 36.7 Å². The first-order valence-electron chi connectivity index (χ1n) is 9.61. The standard InChI is InChI=1S/C23H26N4O2/c1-15(2)18-7-5-10-21(12-18)29-14-22(28)26-19-8-6-9-20(13-19)27-23-24-16(3)11-17(4)25-23/h5-13,15H,14H2,1-4H3,(H,26,28)(H,24,25,27). The Labute approximate surface area is 171 Å². The first kappa shape index (κ1) is 20.3. The van der Waals surface area contributed by atoms with Crippen molar-refractivity contribution in [2.75, 3.05) is 17.2 Å². The maximum atomic E-state index is 12.3. The van der Waals surface area contributed by atoms with Gasteiger partial charge in [0, 0.05) is 22.8 Å². The van der Waals surface area contributed by atoms with Crippen LogP contribution in [0.2, 0.25) is 0 Å². The van der Waals surface area contributed by atoms with Crippen LogP contribution in [0.25, 0.3) is 0 Å². The average molecular weight is 390 g/mol. The molecular weight excluding hydrogens is 364 g/mol. The molecule has 150 valence electrons. The molecule has 3 rings (SSSR count). The van der Waals surface area contributed by atoms with Gasteiger partial charge in [0.25, 0.3) is 5.91 Å². The minimum atomic E-state index is -0.222. The maximum absolute atomic E-state index is 12.3. The number of anilines is 3. The summed E-state index contributed by atoms with van der Waals surface area (Å²) < 4.78 is 5.64. The van der Waals surface area contributed by atoms with Gasteiger partial charge in [-0.2, -0.15) is 0 Å². The molecule has 29 heavy (non-hydrogen) atoms. The van der Waals surface area contributed by atoms with Crippen molar-refractivity contribution in [2.45, 2.75) is 33.6 Å². The van der Waals surface area contributed by atoms with Crippen molar-refractivity contribution in [1.82, 2.24) is 9.97 Å². The van der Waals surface area contributed by atoms with E-state index in [2.05, 4.69) is 40.5 Å². The number of hydrogen-bond donors (Lipinski definition) is 2. The zero-order chi connectivity index (χ0) is 20.8. The molecule has 0 unspecified atom stereocenters. The molecule has 0 aliphatic carbocycles. The Morgan fingerprint density at radius 2 is 1.66 bits per heavy atom. The summed E-state index contributed by atoms with van der Waals surface area (Å²) in [5, 5.41) is 6.02. The zero-order valence-electron chi connectivity index (χ0n) is 17.2. The highest BCUT2D eigenvalue weighted by atomic mass is 16.5. The van der Waals surface area contributed by atoms with E-state index >= 15 is 0 Å². The summed E-state index contributed by atoms with van der Waals surface area (Å²) in [6, 6.07) is 17.1. The molecule has 6 nitrogen and oxygen atoms in total. The quantitative estimate of drug-likeness (QED) is 0.595. The minimum absolute atomic E-state index is 0.0562. The number of rotatable bonds is 7. The van der Waals surface area contributed by atoms with Crippen molar-refractivity contribution < 1.29 is 9.53 Å². The van der Waals surface area contributed by atoms with Gasteiger partial charge in [0.1, 0.15) is 5.75 Å². The van der Waals surface area contributed by atoms with Crippen molar-refractivity contribution in [3.8, 4) is 5.75 Å². The summed E-state index contributed by atoms with van der Waals surface area (Å²) in [6.07, 6.45) is 0. The van der Waals surface area contributed by atoms with Gasteiger partial charge in [-0.05, 0) is 61.7 Å². The van der Waals surface area contributed by atoms with Crippen LogP contribution in [-0.4, -0.2) is 22.5 Å². The van der Waals surface area contributed by atoms with Crippen LogP contribution in [0.15, 0.2) is 54.6 Å². The highest BCUT2D eigenvalue weighted by molar-refractivity contribution is 5.92. The third-order valence-corrected chi connectivity index (χ3v) is 4.28. The van der Waals surface area contributed by atoms with Crippen LogP contribution < -0.4 is 15.4 Å². The molecule has 1 heterocycles. The minimum Gasteiger partial charge on any atom is -0.484 e. The number of benzene rings is 2. The van der Waals surface area contributed by atoms with Gasteiger partial charge in [-0.25, -0.2) is 9.97 Å². The number of nitrogens with zero attached hydrogens (tertiary/aromatic N) is 2. The number of carbonyl (C=O) groups is 1. The first-order valence-corrected chi connectivity index (χ1v) is 9.61. The molecule has 0 saturated heterocycles. The van der Waals surface area contributed by atoms with Crippen LogP contribution in [0.3, 0.4) is 0 Å². The van der Waals surface area contributed by atoms with Gasteiger partial charge < -0.3 is 15.4 Å². The topological polar surface area (TPSA) is 76.1 Å². The van der Waals surface area contributed by atoms with Crippen molar-refractivity contribution in [3.05, 3.63) is 71.5 Å². The van der Waals surface area contributed by atoms with E-state index in [1.807, 2.05) is 62.4 Å². The van der Waals surface area contributed by atoms with Crippen LogP contribution in [0.4, 0.5) is 17.3 Å². The number of carbonyl (C=O) groups excluding carboxylic acids is 1. The number of hydrogen-bond acceptors (Lipinski definition) is 5. The molecular formula is C23H26N4O2. The summed E-state index contributed by atoms with van der Waals surface area (Å²) in [5.74, 6) is 1.40. The van der Waals surface area contributed by atoms with Crippen LogP contribution in [0, 0.1) is 13.8 Å². The maximum Gasteiger partial charge on any atom is 0.262 e. The number of nitrogens with one attached hydrogen (secondary N) is 2. The molecule has 2 N–H and O–H groups in total. The van der Waals surface area contributed by atoms with Crippen molar-refractivity contribution in [2.24, 2.45) is 0 Å². The van der Waals surface area contributed by atoms with Crippen molar-refractivity contribution in [3.63, 3.8) is 0 Å². The Balaban J connectivity index is 1.59. The normalized spacial score (nSPS) is 10.7. The lowest BCUT2D eigenvalue weighted by Gasteiger charge is -2.11. The molecule has 0 saturated carbocycles. The van der Waals surface area contributed by atoms with E-state index in [0.717, 1.165) is 17.1 Å². The van der Waals surface area contributed by atoms with Gasteiger partial charge >= 0.3 is 0 Å². The molecule has 1 aromatic heterocycles. The summed E-state index contributed by atoms with van der Waals surface area (Å²) in [7, 11) is 0. The van der Waals surface area contributed by atoms with E-state index in [0.29, 0.717) is 23.3 Å². The molecule has 0 radical (unpaired) electrons. The second-order valence-electron chi connectivity index (χ2n) is 7.24. The molecule has 0 bridgehead atoms. The third kappa shape index (κ3) is 6.04. The summed E-state index contributed by atoms with van der Waals surface area (Å²) in [5.41, 5.74) is 4.42. The van der Waals surface area contributed by atoms with E-state index < -0.39 is 0 Å². The van der Waals surface area contributed by atoms with Gasteiger partial charge in [0.2, 0.25) is 5.95 Å². The second-order valence-corrected chi connectivity index (χ2v) is 7.24. The first-order chi connectivity index (χ1) is 13.9. The lowest BCUT2D eigenvalue weighted by molar-refractivity contribution is -0.118. The predicted molar refractivity (Wildman–Crippen MR) is 116 cm³/mol. The molecule has 0 fully saturated rings. The fraction of sp³-hybridized carbons (Fsp3) is 0.261. The molecule has 6 heteroatoms. The molecule has 0 aliphatic rings. The monoisotopic (exact) mass is 390 g/mol. The number of amides is 1. The summed E-state index contributed by atoms with van der Waals surface area (Å²) in [6.45, 7) is 8.03. The number of aromatic nitrogens is 2. The number of aryl methyl sites for hydroxylation is 2. The molecule has 0 aliphatic heterocycles. The largest absolute Gasteiger partial charge is 0.484 e. The van der Waals surface area contributed by atoms with Crippen molar-refractivity contribution >= 4 is 23.2 Å². The lowest BCUT2D eigenvalue weighted by Crippen LogP contribution is -2.20. The molecule has 2 aromatic carbocycles. The Kier molecular flexibility index (Phi) is 6.44. The number of ether oxygens (including phenoxy) is 1. The highest BCUT2D eigenvalue weighted by Gasteiger charge is 2.07. The Hall–Kier alpha value is -3.41. The predicted octanol–water partition coefficient (Wildman–Crippen LogP) is 4.98. The van der Waals surface area contributed by atoms with Gasteiger partial charge in [0.15, 0.2) is 6.61 Å². The average Bonchev–Trinajstić information content (AvgIpc) is 2.66. The van der Waals surface area contributed by atoms with Crippen LogP contribution >= 0.6 is 0 Å². The lowest BCUT2D eigenvalue weighted by atomic mass is 10.0. The molecule has 0 atom stereocenters. The van der Waals surface area contributed by atoms with E-state index in [9.17, 15) is 4.79 Å². The third-order valence-electron chi connectivity index (χ3n) is 4.28. The molecule has 3 aromatic rings. The van der Waals surface area contributed by atoms with Gasteiger partial charge in [-0.1, -0.05) is 32.0 Å². The smallest absolute Gasteiger partial charge is 0.262 e. The SMILES string of the molecule is Cc1cc(C)nc(Nc2cccc(NC(=O)COc3cccc(C(C)C)c3)c2)n1. The van der Waals surface area contributed by atoms with E-state index in [1.54, 1.807) is 0 Å². The van der Waals surface area contributed by atoms with Gasteiger partial charge in [0.05, 0.1) is 0 Å². The van der Waals surface area contributed by atoms with Crippen molar-refractivity contribution in [1.29, 1.82) is 0 Å². The highest BCUT2D eigenvalue weighted by Crippen LogP contribution is 2.21. The van der Waals surface area contributed by atoms with Crippen LogP contribution in [-0.2, 0) is 4.79 Å². The summed E-state index contributed by atoms with van der Waals surface area (Å²) >= 11 is 0. The van der Waals surface area contributed by atoms with E-state index in [4.69, 9.17) is 4.74 Å². The fourth-order valence-electron chi connectivity index (χ4n) is 2.90. The molecule has 0 spiro atoms. The van der Waals surface area contributed by atoms with Gasteiger partial charge in [-0.3, -0.25) is 4.79 Å². The van der Waals surface area contributed by atoms with Gasteiger partial charge in [-0.15, -0.1) is 0 Å². The Morgan fingerprint density at radius 1 is 0.966 bits per heavy atom. The van der Waals surface area contributed by atoms with Crippen LogP contribution in [0.5, 0.6) is 5.75 Å². The summed E-state index contributed by atoms with van der Waals surface area (Å²) in [4.78, 5) is 21.0. The van der Waals surface area contributed by atoms with E-state index in [-0.39, 0.29) is 12.5 Å². The fourth-order valence-corrected chi connectivity index (χ4v) is 2.90. The Morgan fingerprint density at radius 3 is 2.38 bits per heavy atom. The van der Waals surface area contributed by atoms with E-state index in [1.165, 1.54) is 5.56 Å².